The van der Waals surface area contributed by atoms with Crippen LogP contribution in [0.25, 0.3) is 11.3 Å². The van der Waals surface area contributed by atoms with Gasteiger partial charge < -0.3 is 15.6 Å². The summed E-state index contributed by atoms with van der Waals surface area (Å²) in [4.78, 5) is 19.1. The Bertz CT molecular complexity index is 608. The van der Waals surface area contributed by atoms with Crippen LogP contribution >= 0.6 is 0 Å². The van der Waals surface area contributed by atoms with Crippen molar-refractivity contribution in [3.05, 3.63) is 36.3 Å². The van der Waals surface area contributed by atoms with Crippen molar-refractivity contribution < 1.29 is 4.79 Å². The summed E-state index contributed by atoms with van der Waals surface area (Å²) in [6, 6.07) is 7.47. The van der Waals surface area contributed by atoms with E-state index in [1.165, 1.54) is 0 Å². The number of rotatable bonds is 3. The van der Waals surface area contributed by atoms with Crippen LogP contribution in [-0.4, -0.2) is 22.5 Å². The standard InChI is InChI=1S/C16H22N4O/c1-11-17-9-14(19-11)12-5-7-13(8-6-12)20-15(21)18-10-16(2,3)4/h5-9H,10H2,1-4H3,(H,17,19)(H2,18,20,21). The van der Waals surface area contributed by atoms with Gasteiger partial charge in [-0.2, -0.15) is 0 Å². The van der Waals surface area contributed by atoms with E-state index in [4.69, 9.17) is 0 Å². The topological polar surface area (TPSA) is 69.8 Å². The number of amides is 2. The van der Waals surface area contributed by atoms with Crippen LogP contribution in [0.1, 0.15) is 26.6 Å². The molecule has 5 heteroatoms. The van der Waals surface area contributed by atoms with Gasteiger partial charge in [-0.15, -0.1) is 0 Å². The Hall–Kier alpha value is -2.30. The van der Waals surface area contributed by atoms with E-state index in [0.717, 1.165) is 22.8 Å². The lowest BCUT2D eigenvalue weighted by Gasteiger charge is -2.18. The minimum atomic E-state index is -0.185. The maximum Gasteiger partial charge on any atom is 0.319 e. The number of aromatic nitrogens is 2. The molecule has 0 unspecified atom stereocenters. The summed E-state index contributed by atoms with van der Waals surface area (Å²) in [5.41, 5.74) is 2.84. The van der Waals surface area contributed by atoms with Gasteiger partial charge >= 0.3 is 6.03 Å². The van der Waals surface area contributed by atoms with E-state index in [1.807, 2.05) is 31.2 Å². The molecule has 0 radical (unpaired) electrons. The number of nitrogens with zero attached hydrogens (tertiary/aromatic N) is 1. The molecule has 0 bridgehead atoms. The number of aromatic amines is 1. The lowest BCUT2D eigenvalue weighted by molar-refractivity contribution is 0.247. The molecule has 1 aromatic heterocycles. The normalized spacial score (nSPS) is 11.2. The number of anilines is 1. The lowest BCUT2D eigenvalue weighted by atomic mass is 9.97. The van der Waals surface area contributed by atoms with Gasteiger partial charge in [0.15, 0.2) is 0 Å². The molecule has 5 nitrogen and oxygen atoms in total. The first-order chi connectivity index (χ1) is 9.83. The van der Waals surface area contributed by atoms with Gasteiger partial charge in [-0.3, -0.25) is 0 Å². The molecule has 21 heavy (non-hydrogen) atoms. The second kappa shape index (κ2) is 5.99. The van der Waals surface area contributed by atoms with Gasteiger partial charge in [-0.05, 0) is 30.0 Å². The van der Waals surface area contributed by atoms with Crippen molar-refractivity contribution in [1.29, 1.82) is 0 Å². The molecule has 0 atom stereocenters. The number of benzene rings is 1. The summed E-state index contributed by atoms with van der Waals surface area (Å²) >= 11 is 0. The van der Waals surface area contributed by atoms with Gasteiger partial charge in [0.1, 0.15) is 5.82 Å². The van der Waals surface area contributed by atoms with Crippen molar-refractivity contribution in [3.63, 3.8) is 0 Å². The summed E-state index contributed by atoms with van der Waals surface area (Å²) in [6.45, 7) is 8.78. The molecule has 1 heterocycles. The van der Waals surface area contributed by atoms with Gasteiger partial charge in [0, 0.05) is 12.2 Å². The molecular weight excluding hydrogens is 264 g/mol. The molecule has 0 aliphatic carbocycles. The first-order valence-electron chi connectivity index (χ1n) is 7.00. The van der Waals surface area contributed by atoms with Crippen molar-refractivity contribution in [1.82, 2.24) is 15.3 Å². The summed E-state index contributed by atoms with van der Waals surface area (Å²) < 4.78 is 0. The fraction of sp³-hybridized carbons (Fsp3) is 0.375. The highest BCUT2D eigenvalue weighted by Gasteiger charge is 2.11. The predicted octanol–water partition coefficient (Wildman–Crippen LogP) is 3.55. The second-order valence-electron chi connectivity index (χ2n) is 6.33. The first kappa shape index (κ1) is 15.1. The van der Waals surface area contributed by atoms with E-state index < -0.39 is 0 Å². The number of urea groups is 1. The van der Waals surface area contributed by atoms with Crippen LogP contribution < -0.4 is 10.6 Å². The van der Waals surface area contributed by atoms with Gasteiger partial charge in [-0.1, -0.05) is 32.9 Å². The van der Waals surface area contributed by atoms with E-state index in [-0.39, 0.29) is 11.4 Å². The van der Waals surface area contributed by atoms with Crippen LogP contribution in [0.5, 0.6) is 0 Å². The van der Waals surface area contributed by atoms with E-state index >= 15 is 0 Å². The van der Waals surface area contributed by atoms with E-state index in [2.05, 4.69) is 41.4 Å². The molecule has 0 aliphatic rings. The Morgan fingerprint density at radius 1 is 1.24 bits per heavy atom. The number of hydrogen-bond acceptors (Lipinski definition) is 2. The quantitative estimate of drug-likeness (QED) is 0.807. The molecular formula is C16H22N4O. The van der Waals surface area contributed by atoms with Crippen molar-refractivity contribution in [2.75, 3.05) is 11.9 Å². The maximum absolute atomic E-state index is 11.8. The Kier molecular flexibility index (Phi) is 4.31. The molecule has 0 fully saturated rings. The van der Waals surface area contributed by atoms with Crippen LogP contribution in [0.4, 0.5) is 10.5 Å². The van der Waals surface area contributed by atoms with Crippen LogP contribution in [0.15, 0.2) is 30.5 Å². The van der Waals surface area contributed by atoms with Crippen molar-refractivity contribution >= 4 is 11.7 Å². The third-order valence-corrected chi connectivity index (χ3v) is 2.94. The number of aryl methyl sites for hydroxylation is 1. The molecule has 3 N–H and O–H groups in total. The largest absolute Gasteiger partial charge is 0.342 e. The van der Waals surface area contributed by atoms with Gasteiger partial charge in [-0.25, -0.2) is 9.78 Å². The zero-order valence-electron chi connectivity index (χ0n) is 12.9. The molecule has 0 spiro atoms. The van der Waals surface area contributed by atoms with Crippen molar-refractivity contribution in [2.45, 2.75) is 27.7 Å². The van der Waals surface area contributed by atoms with Gasteiger partial charge in [0.25, 0.3) is 0 Å². The molecule has 0 aliphatic heterocycles. The summed E-state index contributed by atoms with van der Waals surface area (Å²) in [7, 11) is 0. The number of carbonyl (C=O) groups excluding carboxylic acids is 1. The van der Waals surface area contributed by atoms with E-state index in [9.17, 15) is 4.79 Å². The zero-order valence-corrected chi connectivity index (χ0v) is 12.9. The number of H-pyrrole nitrogens is 1. The lowest BCUT2D eigenvalue weighted by Crippen LogP contribution is -2.35. The third-order valence-electron chi connectivity index (χ3n) is 2.94. The Morgan fingerprint density at radius 2 is 1.90 bits per heavy atom. The van der Waals surface area contributed by atoms with Crippen LogP contribution in [-0.2, 0) is 0 Å². The fourth-order valence-electron chi connectivity index (χ4n) is 1.82. The fourth-order valence-corrected chi connectivity index (χ4v) is 1.82. The molecule has 1 aromatic carbocycles. The number of carbonyl (C=O) groups is 1. The predicted molar refractivity (Wildman–Crippen MR) is 85.2 cm³/mol. The highest BCUT2D eigenvalue weighted by atomic mass is 16.2. The minimum absolute atomic E-state index is 0.0691. The maximum atomic E-state index is 11.8. The van der Waals surface area contributed by atoms with E-state index in [0.29, 0.717) is 6.54 Å². The van der Waals surface area contributed by atoms with Crippen LogP contribution in [0.3, 0.4) is 0 Å². The number of imidazole rings is 1. The number of nitrogens with one attached hydrogen (secondary N) is 3. The average Bonchev–Trinajstić information content (AvgIpc) is 2.83. The minimum Gasteiger partial charge on any atom is -0.342 e. The van der Waals surface area contributed by atoms with Crippen LogP contribution in [0, 0.1) is 12.3 Å². The zero-order chi connectivity index (χ0) is 15.5. The molecule has 2 aromatic rings. The Balaban J connectivity index is 1.95. The Labute approximate surface area is 125 Å². The van der Waals surface area contributed by atoms with Crippen LogP contribution in [0.2, 0.25) is 0 Å². The first-order valence-corrected chi connectivity index (χ1v) is 7.00. The highest BCUT2D eigenvalue weighted by molar-refractivity contribution is 5.89. The van der Waals surface area contributed by atoms with Gasteiger partial charge in [0.2, 0.25) is 0 Å². The van der Waals surface area contributed by atoms with Gasteiger partial charge in [0.05, 0.1) is 11.9 Å². The van der Waals surface area contributed by atoms with Crippen molar-refractivity contribution in [3.8, 4) is 11.3 Å². The van der Waals surface area contributed by atoms with Crippen molar-refractivity contribution in [2.24, 2.45) is 5.41 Å². The molecule has 2 amide bonds. The summed E-state index contributed by atoms with van der Waals surface area (Å²) in [5.74, 6) is 0.883. The number of hydrogen-bond donors (Lipinski definition) is 3. The molecule has 112 valence electrons. The smallest absolute Gasteiger partial charge is 0.319 e. The third kappa shape index (κ3) is 4.63. The molecule has 2 rings (SSSR count). The Morgan fingerprint density at radius 3 is 2.43 bits per heavy atom. The molecule has 0 saturated heterocycles. The summed E-state index contributed by atoms with van der Waals surface area (Å²) in [6.07, 6.45) is 1.80. The summed E-state index contributed by atoms with van der Waals surface area (Å²) in [5, 5.41) is 5.68. The average molecular weight is 286 g/mol. The second-order valence-corrected chi connectivity index (χ2v) is 6.33. The monoisotopic (exact) mass is 286 g/mol. The highest BCUT2D eigenvalue weighted by Crippen LogP contribution is 2.19. The SMILES string of the molecule is Cc1ncc(-c2ccc(NC(=O)NCC(C)(C)C)cc2)[nH]1. The van der Waals surface area contributed by atoms with E-state index in [1.54, 1.807) is 6.20 Å². The molecule has 0 saturated carbocycles.